The van der Waals surface area contributed by atoms with Gasteiger partial charge in [0.05, 0.1) is 6.61 Å². The van der Waals surface area contributed by atoms with E-state index >= 15 is 0 Å². The Kier molecular flexibility index (Phi) is 6.62. The lowest BCUT2D eigenvalue weighted by molar-refractivity contribution is 0.0923. The van der Waals surface area contributed by atoms with Crippen molar-refractivity contribution in [2.45, 2.75) is 25.5 Å². The maximum Gasteiger partial charge on any atom is 0.251 e. The third kappa shape index (κ3) is 5.31. The van der Waals surface area contributed by atoms with Crippen molar-refractivity contribution in [1.82, 2.24) is 20.4 Å². The van der Waals surface area contributed by atoms with Gasteiger partial charge in [0.2, 0.25) is 0 Å². The number of hydrogen-bond acceptors (Lipinski definition) is 5. The monoisotopic (exact) mass is 358 g/mol. The molecule has 26 heavy (non-hydrogen) atoms. The van der Waals surface area contributed by atoms with E-state index < -0.39 is 0 Å². The Bertz CT molecular complexity index is 682. The van der Waals surface area contributed by atoms with Crippen LogP contribution in [0.2, 0.25) is 0 Å². The quantitative estimate of drug-likeness (QED) is 0.704. The van der Waals surface area contributed by atoms with E-state index in [-0.39, 0.29) is 12.0 Å². The Morgan fingerprint density at radius 3 is 2.92 bits per heavy atom. The zero-order valence-electron chi connectivity index (χ0n) is 15.1. The summed E-state index contributed by atoms with van der Waals surface area (Å²) in [6, 6.07) is 9.36. The molecule has 140 valence electrons. The number of methoxy groups -OCH3 is 1. The molecule has 0 saturated carbocycles. The molecule has 0 bridgehead atoms. The Balaban J connectivity index is 1.47. The summed E-state index contributed by atoms with van der Waals surface area (Å²) in [6.07, 6.45) is 3.90. The van der Waals surface area contributed by atoms with Crippen LogP contribution in [0.5, 0.6) is 5.75 Å². The summed E-state index contributed by atoms with van der Waals surface area (Å²) >= 11 is 0. The number of ether oxygens (including phenoxy) is 2. The van der Waals surface area contributed by atoms with Gasteiger partial charge in [-0.15, -0.1) is 0 Å². The SMILES string of the molecule is COCCNC(=O)c1cccc(OC2CCN(Cc3ccn[nH]3)CC2)c1. The number of amides is 1. The van der Waals surface area contributed by atoms with Crippen molar-refractivity contribution < 1.29 is 14.3 Å². The first-order valence-corrected chi connectivity index (χ1v) is 8.99. The maximum absolute atomic E-state index is 12.1. The van der Waals surface area contributed by atoms with Crippen molar-refractivity contribution in [1.29, 1.82) is 0 Å². The smallest absolute Gasteiger partial charge is 0.251 e. The lowest BCUT2D eigenvalue weighted by Gasteiger charge is -2.31. The van der Waals surface area contributed by atoms with Crippen LogP contribution in [0.15, 0.2) is 36.5 Å². The zero-order chi connectivity index (χ0) is 18.2. The average Bonchev–Trinajstić information content (AvgIpc) is 3.17. The summed E-state index contributed by atoms with van der Waals surface area (Å²) in [5.74, 6) is 0.637. The highest BCUT2D eigenvalue weighted by atomic mass is 16.5. The number of benzene rings is 1. The van der Waals surface area contributed by atoms with Gasteiger partial charge in [-0.2, -0.15) is 5.10 Å². The van der Waals surface area contributed by atoms with Gasteiger partial charge in [0, 0.05) is 50.7 Å². The number of carbonyl (C=O) groups is 1. The van der Waals surface area contributed by atoms with Gasteiger partial charge >= 0.3 is 0 Å². The molecule has 1 saturated heterocycles. The molecule has 3 rings (SSSR count). The summed E-state index contributed by atoms with van der Waals surface area (Å²) in [7, 11) is 1.61. The highest BCUT2D eigenvalue weighted by Crippen LogP contribution is 2.21. The number of aromatic nitrogens is 2. The highest BCUT2D eigenvalue weighted by molar-refractivity contribution is 5.94. The lowest BCUT2D eigenvalue weighted by Crippen LogP contribution is -2.37. The third-order valence-corrected chi connectivity index (χ3v) is 4.48. The van der Waals surface area contributed by atoms with Crippen LogP contribution in [-0.4, -0.2) is 60.5 Å². The van der Waals surface area contributed by atoms with Gasteiger partial charge in [-0.05, 0) is 37.1 Å². The van der Waals surface area contributed by atoms with Crippen molar-refractivity contribution in [2.24, 2.45) is 0 Å². The Labute approximate surface area is 153 Å². The fourth-order valence-electron chi connectivity index (χ4n) is 3.07. The van der Waals surface area contributed by atoms with E-state index in [0.717, 1.165) is 43.9 Å². The van der Waals surface area contributed by atoms with E-state index in [0.29, 0.717) is 18.7 Å². The number of nitrogens with zero attached hydrogens (tertiary/aromatic N) is 2. The van der Waals surface area contributed by atoms with Crippen molar-refractivity contribution in [3.63, 3.8) is 0 Å². The molecule has 1 aliphatic heterocycles. The minimum absolute atomic E-state index is 0.109. The number of H-pyrrole nitrogens is 1. The molecule has 0 spiro atoms. The number of nitrogens with one attached hydrogen (secondary N) is 2. The van der Waals surface area contributed by atoms with Crippen LogP contribution in [0.25, 0.3) is 0 Å². The molecule has 1 fully saturated rings. The van der Waals surface area contributed by atoms with E-state index in [4.69, 9.17) is 9.47 Å². The fourth-order valence-corrected chi connectivity index (χ4v) is 3.07. The number of piperidine rings is 1. The lowest BCUT2D eigenvalue weighted by atomic mass is 10.1. The molecule has 7 heteroatoms. The molecule has 0 unspecified atom stereocenters. The Hall–Kier alpha value is -2.38. The molecule has 1 aromatic carbocycles. The molecule has 2 heterocycles. The van der Waals surface area contributed by atoms with E-state index in [1.54, 1.807) is 25.4 Å². The van der Waals surface area contributed by atoms with Gasteiger partial charge in [0.25, 0.3) is 5.91 Å². The third-order valence-electron chi connectivity index (χ3n) is 4.48. The normalized spacial score (nSPS) is 15.7. The van der Waals surface area contributed by atoms with Gasteiger partial charge in [0.15, 0.2) is 0 Å². The van der Waals surface area contributed by atoms with Crippen molar-refractivity contribution in [2.75, 3.05) is 33.4 Å². The molecule has 1 aliphatic rings. The number of aromatic amines is 1. The van der Waals surface area contributed by atoms with Gasteiger partial charge in [0.1, 0.15) is 11.9 Å². The largest absolute Gasteiger partial charge is 0.490 e. The van der Waals surface area contributed by atoms with Crippen LogP contribution in [-0.2, 0) is 11.3 Å². The molecule has 0 aliphatic carbocycles. The summed E-state index contributed by atoms with van der Waals surface area (Å²) in [5, 5.41) is 9.81. The van der Waals surface area contributed by atoms with Crippen molar-refractivity contribution in [3.05, 3.63) is 47.8 Å². The Morgan fingerprint density at radius 2 is 2.19 bits per heavy atom. The zero-order valence-corrected chi connectivity index (χ0v) is 15.1. The van der Waals surface area contributed by atoms with Crippen LogP contribution in [0.1, 0.15) is 28.9 Å². The van der Waals surface area contributed by atoms with E-state index in [2.05, 4.69) is 20.4 Å². The molecular formula is C19H26N4O3. The molecule has 1 amide bonds. The number of rotatable bonds is 8. The van der Waals surface area contributed by atoms with E-state index in [9.17, 15) is 4.79 Å². The van der Waals surface area contributed by atoms with Crippen molar-refractivity contribution >= 4 is 5.91 Å². The van der Waals surface area contributed by atoms with Gasteiger partial charge in [-0.1, -0.05) is 6.07 Å². The maximum atomic E-state index is 12.1. The summed E-state index contributed by atoms with van der Waals surface area (Å²) < 4.78 is 11.0. The minimum Gasteiger partial charge on any atom is -0.490 e. The number of carbonyl (C=O) groups excluding carboxylic acids is 1. The van der Waals surface area contributed by atoms with Crippen molar-refractivity contribution in [3.8, 4) is 5.75 Å². The van der Waals surface area contributed by atoms with Gasteiger partial charge in [-0.25, -0.2) is 0 Å². The second-order valence-electron chi connectivity index (χ2n) is 6.45. The molecule has 7 nitrogen and oxygen atoms in total. The molecule has 0 atom stereocenters. The van der Waals surface area contributed by atoms with Crippen LogP contribution in [0, 0.1) is 0 Å². The van der Waals surface area contributed by atoms with Crippen LogP contribution in [0.4, 0.5) is 0 Å². The average molecular weight is 358 g/mol. The molecule has 2 aromatic rings. The predicted molar refractivity (Wildman–Crippen MR) is 98.2 cm³/mol. The van der Waals surface area contributed by atoms with Crippen LogP contribution < -0.4 is 10.1 Å². The predicted octanol–water partition coefficient (Wildman–Crippen LogP) is 1.83. The summed E-state index contributed by atoms with van der Waals surface area (Å²) in [6.45, 7) is 3.86. The first-order valence-electron chi connectivity index (χ1n) is 8.99. The van der Waals surface area contributed by atoms with Crippen LogP contribution in [0.3, 0.4) is 0 Å². The number of hydrogen-bond donors (Lipinski definition) is 2. The summed E-state index contributed by atoms with van der Waals surface area (Å²) in [4.78, 5) is 14.5. The fraction of sp³-hybridized carbons (Fsp3) is 0.474. The second-order valence-corrected chi connectivity index (χ2v) is 6.45. The summed E-state index contributed by atoms with van der Waals surface area (Å²) in [5.41, 5.74) is 1.74. The highest BCUT2D eigenvalue weighted by Gasteiger charge is 2.21. The molecular weight excluding hydrogens is 332 g/mol. The molecule has 2 N–H and O–H groups in total. The van der Waals surface area contributed by atoms with E-state index in [1.165, 1.54) is 0 Å². The first-order chi connectivity index (χ1) is 12.7. The first kappa shape index (κ1) is 18.4. The van der Waals surface area contributed by atoms with Crippen LogP contribution >= 0.6 is 0 Å². The standard InChI is InChI=1S/C19H26N4O3/c1-25-12-9-20-19(24)15-3-2-4-18(13-15)26-17-6-10-23(11-7-17)14-16-5-8-21-22-16/h2-5,8,13,17H,6-7,9-12,14H2,1H3,(H,20,24)(H,21,22). The Morgan fingerprint density at radius 1 is 1.35 bits per heavy atom. The van der Waals surface area contributed by atoms with Gasteiger partial charge < -0.3 is 14.8 Å². The topological polar surface area (TPSA) is 79.5 Å². The minimum atomic E-state index is -0.109. The van der Waals surface area contributed by atoms with Gasteiger partial charge in [-0.3, -0.25) is 14.8 Å². The second kappa shape index (κ2) is 9.35. The molecule has 1 aromatic heterocycles. The number of likely N-dealkylation sites (tertiary alicyclic amines) is 1. The molecule has 0 radical (unpaired) electrons. The van der Waals surface area contributed by atoms with E-state index in [1.807, 2.05) is 18.2 Å².